The number of carbonyl (C=O) groups is 2. The highest BCUT2D eigenvalue weighted by Crippen LogP contribution is 2.40. The van der Waals surface area contributed by atoms with E-state index in [1.54, 1.807) is 0 Å². The Labute approximate surface area is 536 Å². The molecule has 0 spiro atoms. The van der Waals surface area contributed by atoms with Crippen molar-refractivity contribution in [1.29, 1.82) is 0 Å². The topological polar surface area (TPSA) is 740 Å². The van der Waals surface area contributed by atoms with E-state index in [-0.39, 0.29) is 0 Å². The van der Waals surface area contributed by atoms with Gasteiger partial charge >= 0.3 is 74.3 Å². The first-order valence-corrected chi connectivity index (χ1v) is 34.9. The summed E-state index contributed by atoms with van der Waals surface area (Å²) in [4.78, 5) is 24.6. The number of aliphatic hydroxyl groups is 9. The average Bonchev–Trinajstić information content (AvgIpc) is 0.795. The zero-order valence-corrected chi connectivity index (χ0v) is 52.8. The smallest absolute Gasteiger partial charge is 0.397 e. The quantitative estimate of drug-likeness (QED) is 0.0287. The van der Waals surface area contributed by atoms with Gasteiger partial charge in [0.05, 0.1) is 76.8 Å². The van der Waals surface area contributed by atoms with Crippen LogP contribution in [0.5, 0.6) is 0 Å². The standard InChI is InChI=1S/C41H66O48S6/c1-11-29(86-92(61,62)63)27(48)32(88-94(67,68)69)40(80-11)76-4-13-15(36(54)82-20(22(13)43)9-78-90(55,56)57)6-74-38-25(46)17(24(45)31(85-38)35(52)53)8-73-37-16(7-75-39-26(47)18(42)3-19(83-39)34(50)51)14(23(44)21(84-37)10-79-91(58,59)60)5-77-41-33(89-95(70,71)72)28(49)30(12(2)81-41)87-93(64,65)66/h3,11-18,20-33,36-49,54H,4-10H2,1-2H3,(H,50,51)(H,52,53)(H,55,56,57)(H,58,59,60)(H,61,62,63)(H,64,65,66)(H,67,68,69)(H,70,71,72). The molecule has 0 aliphatic carbocycles. The third-order valence-electron chi connectivity index (χ3n) is 14.9. The average molecular weight is 1520 g/mol. The highest BCUT2D eigenvalue weighted by atomic mass is 32.3. The molecule has 54 heteroatoms. The second kappa shape index (κ2) is 32.3. The minimum atomic E-state index is -5.72. The van der Waals surface area contributed by atoms with Gasteiger partial charge in [0.1, 0.15) is 54.9 Å². The summed E-state index contributed by atoms with van der Waals surface area (Å²) in [6.45, 7) is -6.80. The lowest BCUT2D eigenvalue weighted by molar-refractivity contribution is -0.331. The van der Waals surface area contributed by atoms with Gasteiger partial charge in [-0.15, -0.1) is 0 Å². The molecule has 0 bridgehead atoms. The minimum absolute atomic E-state index is 0.532. The fraction of sp³-hybridized carbons (Fsp3) is 0.902. The monoisotopic (exact) mass is 1520 g/mol. The van der Waals surface area contributed by atoms with E-state index in [0.29, 0.717) is 6.08 Å². The van der Waals surface area contributed by atoms with Crippen LogP contribution in [-0.2, 0) is 149 Å². The molecular weight excluding hydrogens is 1450 g/mol. The zero-order valence-electron chi connectivity index (χ0n) is 47.9. The summed E-state index contributed by atoms with van der Waals surface area (Å²) in [7, 11) is -33.2. The van der Waals surface area contributed by atoms with Gasteiger partial charge in [-0.25, -0.2) is 34.7 Å². The predicted octanol–water partition coefficient (Wildman–Crippen LogP) is -10.5. The normalized spacial score (nSPS) is 40.4. The van der Waals surface area contributed by atoms with E-state index in [1.807, 2.05) is 0 Å². The first kappa shape index (κ1) is 80.9. The lowest BCUT2D eigenvalue weighted by Gasteiger charge is -2.47. The number of carboxylic acids is 2. The highest BCUT2D eigenvalue weighted by molar-refractivity contribution is 7.82. The molecular formula is C41H66O48S6. The molecule has 48 nitrogen and oxygen atoms in total. The van der Waals surface area contributed by atoms with Crippen molar-refractivity contribution < 1.29 is 221 Å². The molecule has 6 rings (SSSR count). The molecule has 554 valence electrons. The van der Waals surface area contributed by atoms with Crippen molar-refractivity contribution >= 4 is 74.3 Å². The van der Waals surface area contributed by atoms with Crippen LogP contribution in [-0.4, -0.2) is 334 Å². The summed E-state index contributed by atoms with van der Waals surface area (Å²) >= 11 is 0. The number of aliphatic carboxylic acids is 2. The van der Waals surface area contributed by atoms with Gasteiger partial charge in [-0.2, -0.15) is 50.5 Å². The molecule has 0 amide bonds. The highest BCUT2D eigenvalue weighted by Gasteiger charge is 2.56. The van der Waals surface area contributed by atoms with Crippen LogP contribution >= 0.6 is 0 Å². The van der Waals surface area contributed by atoms with Gasteiger partial charge < -0.3 is 108 Å². The zero-order chi connectivity index (χ0) is 71.6. The van der Waals surface area contributed by atoms with Crippen LogP contribution in [0.4, 0.5) is 0 Å². The van der Waals surface area contributed by atoms with Gasteiger partial charge in [-0.05, 0) is 19.9 Å². The molecule has 6 aliphatic heterocycles. The largest absolute Gasteiger partial charge is 0.479 e. The maximum absolute atomic E-state index is 12.7. The second-order valence-electron chi connectivity index (χ2n) is 21.4. The lowest BCUT2D eigenvalue weighted by Crippen LogP contribution is -2.62. The van der Waals surface area contributed by atoms with Crippen molar-refractivity contribution in [2.45, 2.75) is 155 Å². The Hall–Kier alpha value is -3.06. The number of aliphatic hydroxyl groups excluding tert-OH is 9. The van der Waals surface area contributed by atoms with E-state index < -0.39 is 297 Å². The molecule has 0 saturated carbocycles. The van der Waals surface area contributed by atoms with Crippen LogP contribution in [0.2, 0.25) is 0 Å². The van der Waals surface area contributed by atoms with Crippen molar-refractivity contribution in [3.05, 3.63) is 11.8 Å². The van der Waals surface area contributed by atoms with E-state index in [4.69, 9.17) is 52.1 Å². The maximum Gasteiger partial charge on any atom is 0.397 e. The Kier molecular flexibility index (Phi) is 27.5. The summed E-state index contributed by atoms with van der Waals surface area (Å²) in [5.41, 5.74) is 0. The van der Waals surface area contributed by atoms with Gasteiger partial charge in [0.15, 0.2) is 49.8 Å². The third kappa shape index (κ3) is 22.7. The Bertz CT molecular complexity index is 3340. The van der Waals surface area contributed by atoms with Gasteiger partial charge in [0.2, 0.25) is 12.0 Å². The molecule has 95 heavy (non-hydrogen) atoms. The second-order valence-corrected chi connectivity index (χ2v) is 27.8. The Balaban J connectivity index is 1.33. The number of hydrogen-bond acceptors (Lipinski definition) is 40. The number of hydrogen-bond donors (Lipinski definition) is 17. The lowest BCUT2D eigenvalue weighted by atomic mass is 9.82. The molecule has 17 N–H and O–H groups in total. The Morgan fingerprint density at radius 3 is 1.20 bits per heavy atom. The Morgan fingerprint density at radius 1 is 0.389 bits per heavy atom. The first-order valence-electron chi connectivity index (χ1n) is 26.7. The van der Waals surface area contributed by atoms with Gasteiger partial charge in [0, 0.05) is 29.6 Å². The van der Waals surface area contributed by atoms with Crippen LogP contribution in [0, 0.1) is 29.6 Å². The third-order valence-corrected chi connectivity index (χ3v) is 17.7. The number of carboxylic acid groups (broad SMARTS) is 2. The van der Waals surface area contributed by atoms with E-state index in [2.05, 4.69) is 25.1 Å². The van der Waals surface area contributed by atoms with E-state index in [9.17, 15) is 144 Å². The van der Waals surface area contributed by atoms with E-state index >= 15 is 0 Å². The van der Waals surface area contributed by atoms with Crippen molar-refractivity contribution in [3.63, 3.8) is 0 Å². The molecule has 0 aromatic carbocycles. The first-order chi connectivity index (χ1) is 43.5. The molecule has 5 saturated heterocycles. The van der Waals surface area contributed by atoms with Crippen LogP contribution in [0.1, 0.15) is 13.8 Å². The molecule has 5 fully saturated rings. The van der Waals surface area contributed by atoms with Crippen molar-refractivity contribution in [3.8, 4) is 0 Å². The molecule has 0 aromatic heterocycles. The fourth-order valence-electron chi connectivity index (χ4n) is 10.5. The Morgan fingerprint density at radius 2 is 0.768 bits per heavy atom. The predicted molar refractivity (Wildman–Crippen MR) is 281 cm³/mol. The molecule has 0 aromatic rings. The molecule has 0 radical (unpaired) electrons. The van der Waals surface area contributed by atoms with E-state index in [1.165, 1.54) is 0 Å². The van der Waals surface area contributed by atoms with Gasteiger partial charge in [-0.1, -0.05) is 0 Å². The number of ether oxygens (including phenoxy) is 11. The number of rotatable bonds is 31. The summed E-state index contributed by atoms with van der Waals surface area (Å²) in [6, 6.07) is 0. The van der Waals surface area contributed by atoms with Crippen LogP contribution in [0.3, 0.4) is 0 Å². The molecule has 28 unspecified atom stereocenters. The fourth-order valence-corrected chi connectivity index (χ4v) is 13.2. The van der Waals surface area contributed by atoms with Gasteiger partial charge in [0.25, 0.3) is 0 Å². The summed E-state index contributed by atoms with van der Waals surface area (Å²) < 4.78 is 285. The van der Waals surface area contributed by atoms with Crippen molar-refractivity contribution in [1.82, 2.24) is 0 Å². The van der Waals surface area contributed by atoms with Crippen LogP contribution in [0.25, 0.3) is 0 Å². The van der Waals surface area contributed by atoms with Crippen LogP contribution in [0.15, 0.2) is 11.8 Å². The van der Waals surface area contributed by atoms with E-state index in [0.717, 1.165) is 13.8 Å². The van der Waals surface area contributed by atoms with Crippen molar-refractivity contribution in [2.75, 3.05) is 46.2 Å². The molecule has 28 atom stereocenters. The summed E-state index contributed by atoms with van der Waals surface area (Å²) in [6.07, 6.45) is -51.9. The van der Waals surface area contributed by atoms with Crippen LogP contribution < -0.4 is 0 Å². The summed E-state index contributed by atoms with van der Waals surface area (Å²) in [5.74, 6) is -14.6. The molecule has 6 heterocycles. The van der Waals surface area contributed by atoms with Gasteiger partial charge in [-0.3, -0.25) is 27.3 Å². The van der Waals surface area contributed by atoms with Crippen molar-refractivity contribution in [2.24, 2.45) is 29.6 Å². The molecule has 6 aliphatic rings. The minimum Gasteiger partial charge on any atom is -0.479 e. The maximum atomic E-state index is 12.7. The SMILES string of the molecule is CC1OC(OCC2C(O)C(COS(=O)(=O)O)OC(O)C2COC2OC(C(=O)O)C(O)C(COC3OC(COS(=O)(=O)O)C(O)C(COC4OC(C)C(OS(=O)(=O)O)C(O)C4OS(=O)(=O)O)C3COC3OC(C(=O)O)=CC(O)C3O)C2O)C(OS(=O)(=O)O)C(O)C1OS(=O)(=O)O. The summed E-state index contributed by atoms with van der Waals surface area (Å²) in [5, 5.41) is 121.